The molecule has 4 heterocycles. The molecule has 2 N–H and O–H groups in total. The standard InChI is InChI=1S/C28H30N6O/c1-18-11-21(12-19(2)29-18)27-24-13-22-16-34(28(35)30-25(22)14-26(24)31-32-27)23-9-6-10-33(17-23)15-20-7-4-3-5-8-20/h3-5,7-8,11-14,23H,6,9-10,15-17H2,1-2H3,(H,30,35)(H,31,32)/t23-/m1/s1. The number of hydrogen-bond acceptors (Lipinski definition) is 4. The van der Waals surface area contributed by atoms with Gasteiger partial charge in [0, 0.05) is 53.7 Å². The maximum atomic E-state index is 13.1. The van der Waals surface area contributed by atoms with E-state index in [4.69, 9.17) is 0 Å². The number of fused-ring (bicyclic) bond motifs is 2. The molecular weight excluding hydrogens is 436 g/mol. The van der Waals surface area contributed by atoms with Crippen molar-refractivity contribution in [2.24, 2.45) is 0 Å². The first kappa shape index (κ1) is 21.8. The maximum Gasteiger partial charge on any atom is 0.322 e. The van der Waals surface area contributed by atoms with Gasteiger partial charge in [-0.3, -0.25) is 15.0 Å². The number of aryl methyl sites for hydroxylation is 2. The second-order valence-electron chi connectivity index (χ2n) is 9.84. The van der Waals surface area contributed by atoms with Crippen LogP contribution < -0.4 is 5.32 Å². The lowest BCUT2D eigenvalue weighted by molar-refractivity contribution is 0.108. The lowest BCUT2D eigenvalue weighted by Crippen LogP contribution is -2.52. The molecular formula is C28H30N6O. The van der Waals surface area contributed by atoms with Gasteiger partial charge in [-0.1, -0.05) is 30.3 Å². The van der Waals surface area contributed by atoms with Crippen molar-refractivity contribution in [1.29, 1.82) is 0 Å². The van der Waals surface area contributed by atoms with Crippen LogP contribution in [0.2, 0.25) is 0 Å². The van der Waals surface area contributed by atoms with E-state index in [1.807, 2.05) is 24.8 Å². The number of likely N-dealkylation sites (tertiary alicyclic amines) is 1. The average Bonchev–Trinajstić information content (AvgIpc) is 3.25. The molecule has 1 saturated heterocycles. The Labute approximate surface area is 205 Å². The van der Waals surface area contributed by atoms with Gasteiger partial charge in [-0.15, -0.1) is 0 Å². The molecule has 0 aliphatic carbocycles. The zero-order valence-electron chi connectivity index (χ0n) is 20.2. The highest BCUT2D eigenvalue weighted by Crippen LogP contribution is 2.34. The highest BCUT2D eigenvalue weighted by molar-refractivity contribution is 6.00. The molecule has 2 aliphatic heterocycles. The summed E-state index contributed by atoms with van der Waals surface area (Å²) in [6.07, 6.45) is 2.13. The second-order valence-corrected chi connectivity index (χ2v) is 9.84. The van der Waals surface area contributed by atoms with Gasteiger partial charge in [0.25, 0.3) is 0 Å². The minimum absolute atomic E-state index is 0.0106. The quantitative estimate of drug-likeness (QED) is 0.430. The van der Waals surface area contributed by atoms with Crippen molar-refractivity contribution >= 4 is 22.6 Å². The first-order valence-electron chi connectivity index (χ1n) is 12.3. The van der Waals surface area contributed by atoms with Gasteiger partial charge in [-0.2, -0.15) is 5.10 Å². The molecule has 0 saturated carbocycles. The number of amides is 2. The van der Waals surface area contributed by atoms with Crippen molar-refractivity contribution in [2.75, 3.05) is 18.4 Å². The maximum absolute atomic E-state index is 13.1. The molecule has 178 valence electrons. The Morgan fingerprint density at radius 1 is 1.06 bits per heavy atom. The predicted molar refractivity (Wildman–Crippen MR) is 138 cm³/mol. The van der Waals surface area contributed by atoms with Crippen LogP contribution in [0.25, 0.3) is 22.2 Å². The van der Waals surface area contributed by atoms with Crippen LogP contribution in [0.4, 0.5) is 10.5 Å². The molecule has 0 bridgehead atoms. The molecule has 6 rings (SSSR count). The molecule has 0 unspecified atom stereocenters. The number of piperidine rings is 1. The Hall–Kier alpha value is -3.71. The van der Waals surface area contributed by atoms with Gasteiger partial charge in [0.2, 0.25) is 0 Å². The number of hydrogen-bond donors (Lipinski definition) is 2. The van der Waals surface area contributed by atoms with Crippen molar-refractivity contribution in [3.05, 3.63) is 77.1 Å². The number of pyridine rings is 1. The van der Waals surface area contributed by atoms with E-state index in [0.29, 0.717) is 6.54 Å². The van der Waals surface area contributed by atoms with Crippen molar-refractivity contribution in [3.63, 3.8) is 0 Å². The zero-order chi connectivity index (χ0) is 23.9. The zero-order valence-corrected chi connectivity index (χ0v) is 20.2. The molecule has 2 aliphatic rings. The summed E-state index contributed by atoms with van der Waals surface area (Å²) < 4.78 is 0. The minimum atomic E-state index is -0.0106. The number of carbonyl (C=O) groups excluding carboxylic acids is 1. The Morgan fingerprint density at radius 3 is 2.66 bits per heavy atom. The van der Waals surface area contributed by atoms with Gasteiger partial charge < -0.3 is 10.2 Å². The van der Waals surface area contributed by atoms with Crippen molar-refractivity contribution in [3.8, 4) is 11.3 Å². The number of aromatic nitrogens is 3. The van der Waals surface area contributed by atoms with Crippen LogP contribution >= 0.6 is 0 Å². The topological polar surface area (TPSA) is 77.2 Å². The third kappa shape index (κ3) is 4.28. The number of anilines is 1. The molecule has 1 atom stereocenters. The van der Waals surface area contributed by atoms with Crippen molar-refractivity contribution < 1.29 is 4.79 Å². The molecule has 2 aromatic heterocycles. The van der Waals surface area contributed by atoms with E-state index in [9.17, 15) is 4.79 Å². The minimum Gasteiger partial charge on any atom is -0.316 e. The van der Waals surface area contributed by atoms with E-state index in [2.05, 4.69) is 73.9 Å². The van der Waals surface area contributed by atoms with Crippen LogP contribution in [0.3, 0.4) is 0 Å². The number of H-pyrrole nitrogens is 1. The Balaban J connectivity index is 1.27. The van der Waals surface area contributed by atoms with Crippen LogP contribution in [0.1, 0.15) is 35.4 Å². The van der Waals surface area contributed by atoms with Gasteiger partial charge in [0.15, 0.2) is 0 Å². The summed E-state index contributed by atoms with van der Waals surface area (Å²) in [5.41, 5.74) is 8.17. The highest BCUT2D eigenvalue weighted by Gasteiger charge is 2.32. The molecule has 35 heavy (non-hydrogen) atoms. The van der Waals surface area contributed by atoms with Gasteiger partial charge >= 0.3 is 6.03 Å². The third-order valence-corrected chi connectivity index (χ3v) is 7.16. The predicted octanol–water partition coefficient (Wildman–Crippen LogP) is 5.25. The van der Waals surface area contributed by atoms with E-state index in [0.717, 1.165) is 77.3 Å². The van der Waals surface area contributed by atoms with Gasteiger partial charge in [-0.25, -0.2) is 4.79 Å². The van der Waals surface area contributed by atoms with Gasteiger partial charge in [0.05, 0.1) is 5.52 Å². The van der Waals surface area contributed by atoms with Crippen molar-refractivity contribution in [2.45, 2.75) is 45.8 Å². The molecule has 4 aromatic rings. The number of aromatic amines is 1. The van der Waals surface area contributed by atoms with Crippen LogP contribution in [-0.2, 0) is 13.1 Å². The van der Waals surface area contributed by atoms with Crippen LogP contribution in [-0.4, -0.2) is 50.1 Å². The number of nitrogens with zero attached hydrogens (tertiary/aromatic N) is 4. The summed E-state index contributed by atoms with van der Waals surface area (Å²) in [6, 6.07) is 19.1. The largest absolute Gasteiger partial charge is 0.322 e. The molecule has 7 heteroatoms. The second kappa shape index (κ2) is 8.82. The normalized spacial score (nSPS) is 18.5. The van der Waals surface area contributed by atoms with E-state index in [-0.39, 0.29) is 12.1 Å². The van der Waals surface area contributed by atoms with E-state index in [1.54, 1.807) is 0 Å². The van der Waals surface area contributed by atoms with Gasteiger partial charge in [0.1, 0.15) is 5.69 Å². The van der Waals surface area contributed by atoms with E-state index in [1.165, 1.54) is 5.56 Å². The van der Waals surface area contributed by atoms with Gasteiger partial charge in [-0.05, 0) is 68.6 Å². The number of urea groups is 1. The Kier molecular flexibility index (Phi) is 5.49. The van der Waals surface area contributed by atoms with Crippen LogP contribution in [0.15, 0.2) is 54.6 Å². The fourth-order valence-electron chi connectivity index (χ4n) is 5.56. The Bertz CT molecular complexity index is 1380. The number of rotatable bonds is 4. The summed E-state index contributed by atoms with van der Waals surface area (Å²) in [4.78, 5) is 22.1. The molecule has 2 amide bonds. The van der Waals surface area contributed by atoms with E-state index >= 15 is 0 Å². The number of nitrogens with one attached hydrogen (secondary N) is 2. The van der Waals surface area contributed by atoms with Crippen LogP contribution in [0, 0.1) is 13.8 Å². The average molecular weight is 467 g/mol. The summed E-state index contributed by atoms with van der Waals surface area (Å²) in [7, 11) is 0. The fraction of sp³-hybridized carbons (Fsp3) is 0.321. The lowest BCUT2D eigenvalue weighted by atomic mass is 9.99. The van der Waals surface area contributed by atoms with Crippen molar-refractivity contribution in [1.82, 2.24) is 25.0 Å². The monoisotopic (exact) mass is 466 g/mol. The molecule has 7 nitrogen and oxygen atoms in total. The van der Waals surface area contributed by atoms with Crippen LogP contribution in [0.5, 0.6) is 0 Å². The Morgan fingerprint density at radius 2 is 1.86 bits per heavy atom. The summed E-state index contributed by atoms with van der Waals surface area (Å²) in [5.74, 6) is 0. The summed E-state index contributed by atoms with van der Waals surface area (Å²) >= 11 is 0. The molecule has 1 fully saturated rings. The fourth-order valence-corrected chi connectivity index (χ4v) is 5.56. The first-order valence-corrected chi connectivity index (χ1v) is 12.3. The highest BCUT2D eigenvalue weighted by atomic mass is 16.2. The first-order chi connectivity index (χ1) is 17.0. The number of benzene rings is 2. The molecule has 2 aromatic carbocycles. The third-order valence-electron chi connectivity index (χ3n) is 7.16. The van der Waals surface area contributed by atoms with E-state index < -0.39 is 0 Å². The molecule has 0 radical (unpaired) electrons. The molecule has 0 spiro atoms. The number of carbonyl (C=O) groups is 1. The lowest BCUT2D eigenvalue weighted by Gasteiger charge is -2.41. The summed E-state index contributed by atoms with van der Waals surface area (Å²) in [5, 5.41) is 12.0. The smallest absolute Gasteiger partial charge is 0.316 e. The SMILES string of the molecule is Cc1cc(-c2n[nH]c3cc4c(cc23)CN([C@@H]2CCCN(Cc3ccccc3)C2)C(=O)N4)cc(C)n1. The summed E-state index contributed by atoms with van der Waals surface area (Å²) in [6.45, 7) is 7.51.